The van der Waals surface area contributed by atoms with E-state index in [0.29, 0.717) is 6.42 Å². The molecule has 0 saturated carbocycles. The van der Waals surface area contributed by atoms with E-state index in [2.05, 4.69) is 4.98 Å². The number of rotatable bonds is 3. The lowest BCUT2D eigenvalue weighted by Crippen LogP contribution is -2.37. The van der Waals surface area contributed by atoms with E-state index < -0.39 is 5.79 Å². The Balaban J connectivity index is 2.30. The minimum absolute atomic E-state index is 0.298. The lowest BCUT2D eigenvalue weighted by molar-refractivity contribution is -0.139. The first kappa shape index (κ1) is 12.2. The molecule has 2 rings (SSSR count). The maximum absolute atomic E-state index is 10.0. The molecule has 1 unspecified atom stereocenters. The van der Waals surface area contributed by atoms with Crippen LogP contribution in [-0.4, -0.2) is 46.5 Å². The van der Waals surface area contributed by atoms with Crippen molar-refractivity contribution in [2.24, 2.45) is 0 Å². The summed E-state index contributed by atoms with van der Waals surface area (Å²) in [6, 6.07) is 1.86. The second-order valence-electron chi connectivity index (χ2n) is 4.77. The molecule has 2 N–H and O–H groups in total. The molecule has 1 aromatic heterocycles. The van der Waals surface area contributed by atoms with Crippen molar-refractivity contribution in [2.75, 3.05) is 20.6 Å². The summed E-state index contributed by atoms with van der Waals surface area (Å²) in [4.78, 5) is 6.09. The third kappa shape index (κ3) is 2.54. The summed E-state index contributed by atoms with van der Waals surface area (Å²) in [5.41, 5.74) is 1.92. The topological polar surface area (TPSA) is 56.6 Å². The SMILES string of the molecule is CN(C)CCC1c2ccncc2C=CC1(O)O. The predicted octanol–water partition coefficient (Wildman–Crippen LogP) is 0.825. The fourth-order valence-corrected chi connectivity index (χ4v) is 2.19. The van der Waals surface area contributed by atoms with Gasteiger partial charge in [-0.1, -0.05) is 6.08 Å². The van der Waals surface area contributed by atoms with E-state index in [1.54, 1.807) is 18.5 Å². The normalized spacial score (nSPS) is 21.6. The zero-order valence-electron chi connectivity index (χ0n) is 10.2. The molecule has 1 aromatic rings. The first-order chi connectivity index (χ1) is 8.00. The van der Waals surface area contributed by atoms with E-state index in [1.165, 1.54) is 6.08 Å². The third-order valence-electron chi connectivity index (χ3n) is 3.15. The summed E-state index contributed by atoms with van der Waals surface area (Å²) in [7, 11) is 3.95. The molecule has 0 spiro atoms. The van der Waals surface area contributed by atoms with Crippen molar-refractivity contribution < 1.29 is 10.2 Å². The highest BCUT2D eigenvalue weighted by molar-refractivity contribution is 5.58. The average Bonchev–Trinajstić information content (AvgIpc) is 2.27. The van der Waals surface area contributed by atoms with Crippen LogP contribution in [0.3, 0.4) is 0 Å². The van der Waals surface area contributed by atoms with Crippen LogP contribution in [0, 0.1) is 0 Å². The molecule has 4 nitrogen and oxygen atoms in total. The molecule has 4 heteroatoms. The number of fused-ring (bicyclic) bond motifs is 1. The van der Waals surface area contributed by atoms with Crippen molar-refractivity contribution >= 4 is 6.08 Å². The van der Waals surface area contributed by atoms with Gasteiger partial charge in [0.15, 0.2) is 5.79 Å². The van der Waals surface area contributed by atoms with E-state index in [-0.39, 0.29) is 5.92 Å². The van der Waals surface area contributed by atoms with Crippen LogP contribution in [-0.2, 0) is 0 Å². The van der Waals surface area contributed by atoms with Crippen molar-refractivity contribution in [1.82, 2.24) is 9.88 Å². The molecule has 1 aliphatic carbocycles. The number of aromatic nitrogens is 1. The van der Waals surface area contributed by atoms with Gasteiger partial charge in [-0.2, -0.15) is 0 Å². The summed E-state index contributed by atoms with van der Waals surface area (Å²) in [5.74, 6) is -2.06. The Morgan fingerprint density at radius 2 is 2.18 bits per heavy atom. The van der Waals surface area contributed by atoms with Crippen LogP contribution in [0.5, 0.6) is 0 Å². The molecule has 17 heavy (non-hydrogen) atoms. The molecule has 0 aliphatic heterocycles. The van der Waals surface area contributed by atoms with E-state index >= 15 is 0 Å². The van der Waals surface area contributed by atoms with Gasteiger partial charge in [0.05, 0.1) is 0 Å². The van der Waals surface area contributed by atoms with Gasteiger partial charge < -0.3 is 15.1 Å². The van der Waals surface area contributed by atoms with Crippen LogP contribution in [0.2, 0.25) is 0 Å². The van der Waals surface area contributed by atoms with Gasteiger partial charge in [-0.05, 0) is 50.3 Å². The standard InChI is InChI=1S/C13H18N2O2/c1-15(2)8-5-12-11-4-7-14-9-10(11)3-6-13(12,16)17/h3-4,6-7,9,12,16-17H,5,8H2,1-2H3. The van der Waals surface area contributed by atoms with Crippen LogP contribution in [0.25, 0.3) is 6.08 Å². The minimum Gasteiger partial charge on any atom is -0.362 e. The fraction of sp³-hybridized carbons (Fsp3) is 0.462. The van der Waals surface area contributed by atoms with E-state index in [9.17, 15) is 10.2 Å². The number of pyridine rings is 1. The van der Waals surface area contributed by atoms with Crippen LogP contribution >= 0.6 is 0 Å². The highest BCUT2D eigenvalue weighted by Crippen LogP contribution is 2.37. The minimum atomic E-state index is -1.76. The summed E-state index contributed by atoms with van der Waals surface area (Å²) in [5, 5.41) is 20.0. The molecule has 0 fully saturated rings. The van der Waals surface area contributed by atoms with Gasteiger partial charge in [-0.3, -0.25) is 4.98 Å². The van der Waals surface area contributed by atoms with Gasteiger partial charge in [-0.25, -0.2) is 0 Å². The van der Waals surface area contributed by atoms with E-state index in [1.807, 2.05) is 25.1 Å². The zero-order chi connectivity index (χ0) is 12.5. The van der Waals surface area contributed by atoms with Crippen molar-refractivity contribution in [3.63, 3.8) is 0 Å². The van der Waals surface area contributed by atoms with Gasteiger partial charge in [0.1, 0.15) is 0 Å². The first-order valence-corrected chi connectivity index (χ1v) is 5.73. The van der Waals surface area contributed by atoms with Crippen molar-refractivity contribution in [1.29, 1.82) is 0 Å². The quantitative estimate of drug-likeness (QED) is 0.760. The second kappa shape index (κ2) is 4.56. The highest BCUT2D eigenvalue weighted by atomic mass is 16.5. The van der Waals surface area contributed by atoms with E-state index in [4.69, 9.17) is 0 Å². The van der Waals surface area contributed by atoms with Crippen molar-refractivity contribution in [2.45, 2.75) is 18.1 Å². The van der Waals surface area contributed by atoms with Gasteiger partial charge >= 0.3 is 0 Å². The Labute approximate surface area is 101 Å². The van der Waals surface area contributed by atoms with Gasteiger partial charge in [-0.15, -0.1) is 0 Å². The summed E-state index contributed by atoms with van der Waals surface area (Å²) in [6.07, 6.45) is 7.30. The monoisotopic (exact) mass is 234 g/mol. The molecule has 1 aliphatic rings. The molecule has 0 amide bonds. The maximum atomic E-state index is 10.0. The first-order valence-electron chi connectivity index (χ1n) is 5.73. The molecular formula is C13H18N2O2. The number of hydrogen-bond donors (Lipinski definition) is 2. The predicted molar refractivity (Wildman–Crippen MR) is 66.4 cm³/mol. The van der Waals surface area contributed by atoms with Crippen LogP contribution in [0.15, 0.2) is 24.5 Å². The number of nitrogens with zero attached hydrogens (tertiary/aromatic N) is 2. The third-order valence-corrected chi connectivity index (χ3v) is 3.15. The average molecular weight is 234 g/mol. The molecule has 1 atom stereocenters. The molecular weight excluding hydrogens is 216 g/mol. The van der Waals surface area contributed by atoms with Crippen molar-refractivity contribution in [3.05, 3.63) is 35.7 Å². The molecule has 92 valence electrons. The summed E-state index contributed by atoms with van der Waals surface area (Å²) in [6.45, 7) is 0.809. The van der Waals surface area contributed by atoms with Gasteiger partial charge in [0.2, 0.25) is 0 Å². The smallest absolute Gasteiger partial charge is 0.190 e. The Kier molecular flexibility index (Phi) is 3.28. The number of aliphatic hydroxyl groups is 2. The number of hydrogen-bond acceptors (Lipinski definition) is 4. The zero-order valence-corrected chi connectivity index (χ0v) is 10.2. The maximum Gasteiger partial charge on any atom is 0.190 e. The lowest BCUT2D eigenvalue weighted by atomic mass is 9.81. The summed E-state index contributed by atoms with van der Waals surface area (Å²) < 4.78 is 0. The van der Waals surface area contributed by atoms with Crippen molar-refractivity contribution in [3.8, 4) is 0 Å². The molecule has 0 saturated heterocycles. The van der Waals surface area contributed by atoms with Gasteiger partial charge in [0.25, 0.3) is 0 Å². The highest BCUT2D eigenvalue weighted by Gasteiger charge is 2.36. The van der Waals surface area contributed by atoms with Crippen LogP contribution in [0.1, 0.15) is 23.5 Å². The molecule has 0 aromatic carbocycles. The fourth-order valence-electron chi connectivity index (χ4n) is 2.19. The lowest BCUT2D eigenvalue weighted by Gasteiger charge is -2.33. The van der Waals surface area contributed by atoms with Crippen LogP contribution in [0.4, 0.5) is 0 Å². The second-order valence-corrected chi connectivity index (χ2v) is 4.77. The summed E-state index contributed by atoms with van der Waals surface area (Å²) >= 11 is 0. The van der Waals surface area contributed by atoms with Crippen LogP contribution < -0.4 is 0 Å². The molecule has 0 bridgehead atoms. The Morgan fingerprint density at radius 3 is 2.88 bits per heavy atom. The Morgan fingerprint density at radius 1 is 1.41 bits per heavy atom. The van der Waals surface area contributed by atoms with E-state index in [0.717, 1.165) is 17.7 Å². The largest absolute Gasteiger partial charge is 0.362 e. The van der Waals surface area contributed by atoms with Gasteiger partial charge in [0, 0.05) is 18.3 Å². The Hall–Kier alpha value is -1.23. The molecule has 0 radical (unpaired) electrons. The Bertz CT molecular complexity index is 427. The molecule has 1 heterocycles.